The Hall–Kier alpha value is -2.92. The Labute approximate surface area is 201 Å². The van der Waals surface area contributed by atoms with Crippen LogP contribution in [0, 0.1) is 0 Å². The zero-order valence-electron chi connectivity index (χ0n) is 19.3. The van der Waals surface area contributed by atoms with Crippen LogP contribution in [-0.2, 0) is 9.59 Å². The standard InChI is InChI=1S/C27H32ClN3O2/c1-3-4-19-24(29-2)27(33)31(21-15-9-6-10-16-21)25(22-17-11-12-18-23(22)28)26(32)30-20-13-7-5-8-14-20/h4,6,9-12,15-20,25H,3,5,7-8,13-14H2,1-2H3,(H,30,32)/b19-4-,29-24?. The molecule has 0 aromatic heterocycles. The molecule has 5 nitrogen and oxygen atoms in total. The molecule has 0 radical (unpaired) electrons. The van der Waals surface area contributed by atoms with Gasteiger partial charge in [-0.15, -0.1) is 0 Å². The van der Waals surface area contributed by atoms with Crippen molar-refractivity contribution in [3.05, 3.63) is 77.3 Å². The van der Waals surface area contributed by atoms with Crippen molar-refractivity contribution in [3.8, 4) is 0 Å². The quantitative estimate of drug-likeness (QED) is 0.493. The number of carbonyl (C=O) groups is 2. The number of halogens is 1. The normalized spacial score (nSPS) is 15.9. The highest BCUT2D eigenvalue weighted by molar-refractivity contribution is 6.48. The highest BCUT2D eigenvalue weighted by atomic mass is 35.5. The van der Waals surface area contributed by atoms with Crippen molar-refractivity contribution < 1.29 is 9.59 Å². The molecule has 6 heteroatoms. The second-order valence-electron chi connectivity index (χ2n) is 8.20. The Balaban J connectivity index is 2.10. The fourth-order valence-corrected chi connectivity index (χ4v) is 4.43. The molecule has 0 spiro atoms. The van der Waals surface area contributed by atoms with Crippen molar-refractivity contribution in [2.45, 2.75) is 57.5 Å². The Morgan fingerprint density at radius 3 is 2.39 bits per heavy atom. The van der Waals surface area contributed by atoms with E-state index in [4.69, 9.17) is 11.6 Å². The van der Waals surface area contributed by atoms with E-state index in [2.05, 4.69) is 10.3 Å². The number of hydrogen-bond acceptors (Lipinski definition) is 3. The molecule has 3 rings (SSSR count). The SMILES string of the molecule is CC/C=C\C(=NC)C(=O)N(c1ccccc1)C(C(=O)NC1CCCCC1)c1ccccc1Cl. The average Bonchev–Trinajstić information content (AvgIpc) is 2.84. The third kappa shape index (κ3) is 6.32. The van der Waals surface area contributed by atoms with Crippen LogP contribution in [0.2, 0.25) is 5.02 Å². The van der Waals surface area contributed by atoms with Crippen molar-refractivity contribution in [2.24, 2.45) is 4.99 Å². The van der Waals surface area contributed by atoms with Gasteiger partial charge in [-0.05, 0) is 43.5 Å². The molecule has 1 atom stereocenters. The third-order valence-electron chi connectivity index (χ3n) is 5.88. The predicted octanol–water partition coefficient (Wildman–Crippen LogP) is 5.90. The number of allylic oxidation sites excluding steroid dienone is 1. The number of aliphatic imine (C=N–C) groups is 1. The number of para-hydroxylation sites is 1. The number of amides is 2. The van der Waals surface area contributed by atoms with Crippen LogP contribution in [0.3, 0.4) is 0 Å². The first-order valence-corrected chi connectivity index (χ1v) is 12.0. The van der Waals surface area contributed by atoms with Crippen LogP contribution in [0.4, 0.5) is 5.69 Å². The van der Waals surface area contributed by atoms with E-state index in [0.717, 1.165) is 32.1 Å². The van der Waals surface area contributed by atoms with Gasteiger partial charge in [0, 0.05) is 29.4 Å². The zero-order valence-corrected chi connectivity index (χ0v) is 20.1. The molecular weight excluding hydrogens is 434 g/mol. The first kappa shape index (κ1) is 24.7. The summed E-state index contributed by atoms with van der Waals surface area (Å²) in [4.78, 5) is 33.3. The minimum atomic E-state index is -0.928. The molecule has 2 aromatic carbocycles. The summed E-state index contributed by atoms with van der Waals surface area (Å²) in [5.41, 5.74) is 1.47. The third-order valence-corrected chi connectivity index (χ3v) is 6.23. The van der Waals surface area contributed by atoms with Crippen LogP contribution in [0.1, 0.15) is 57.1 Å². The van der Waals surface area contributed by atoms with Crippen molar-refractivity contribution in [1.29, 1.82) is 0 Å². The molecular formula is C27H32ClN3O2. The number of rotatable bonds is 8. The molecule has 33 heavy (non-hydrogen) atoms. The molecule has 1 unspecified atom stereocenters. The van der Waals surface area contributed by atoms with Gasteiger partial charge in [-0.25, -0.2) is 0 Å². The first-order valence-electron chi connectivity index (χ1n) is 11.6. The highest BCUT2D eigenvalue weighted by Gasteiger charge is 2.36. The Morgan fingerprint density at radius 2 is 1.76 bits per heavy atom. The number of benzene rings is 2. The molecule has 0 bridgehead atoms. The molecule has 1 aliphatic rings. The summed E-state index contributed by atoms with van der Waals surface area (Å²) in [6.07, 6.45) is 9.64. The van der Waals surface area contributed by atoms with Crippen LogP contribution in [0.25, 0.3) is 0 Å². The summed E-state index contributed by atoms with van der Waals surface area (Å²) in [6, 6.07) is 15.6. The number of nitrogens with one attached hydrogen (secondary N) is 1. The van der Waals surface area contributed by atoms with Crippen LogP contribution in [0.15, 0.2) is 71.7 Å². The van der Waals surface area contributed by atoms with E-state index >= 15 is 0 Å². The molecule has 1 N–H and O–H groups in total. The average molecular weight is 466 g/mol. The van der Waals surface area contributed by atoms with Gasteiger partial charge in [0.05, 0.1) is 0 Å². The lowest BCUT2D eigenvalue weighted by atomic mass is 9.94. The van der Waals surface area contributed by atoms with E-state index < -0.39 is 6.04 Å². The molecule has 174 valence electrons. The van der Waals surface area contributed by atoms with Crippen LogP contribution < -0.4 is 10.2 Å². The van der Waals surface area contributed by atoms with Gasteiger partial charge in [-0.3, -0.25) is 19.5 Å². The second kappa shape index (κ2) is 12.4. The van der Waals surface area contributed by atoms with Gasteiger partial charge in [0.25, 0.3) is 5.91 Å². The smallest absolute Gasteiger partial charge is 0.277 e. The van der Waals surface area contributed by atoms with Gasteiger partial charge in [-0.2, -0.15) is 0 Å². The Kier molecular flexibility index (Phi) is 9.25. The van der Waals surface area contributed by atoms with Crippen molar-refractivity contribution in [1.82, 2.24) is 5.32 Å². The molecule has 1 aliphatic carbocycles. The second-order valence-corrected chi connectivity index (χ2v) is 8.60. The van der Waals surface area contributed by atoms with Crippen LogP contribution in [-0.4, -0.2) is 30.6 Å². The van der Waals surface area contributed by atoms with E-state index in [1.165, 1.54) is 11.3 Å². The van der Waals surface area contributed by atoms with Gasteiger partial charge >= 0.3 is 0 Å². The van der Waals surface area contributed by atoms with Gasteiger partial charge in [0.1, 0.15) is 11.8 Å². The summed E-state index contributed by atoms with van der Waals surface area (Å²) < 4.78 is 0. The van der Waals surface area contributed by atoms with E-state index in [0.29, 0.717) is 16.3 Å². The lowest BCUT2D eigenvalue weighted by Crippen LogP contribution is -2.49. The van der Waals surface area contributed by atoms with E-state index in [1.54, 1.807) is 25.3 Å². The van der Waals surface area contributed by atoms with E-state index in [1.807, 2.05) is 55.5 Å². The largest absolute Gasteiger partial charge is 0.351 e. The van der Waals surface area contributed by atoms with Crippen LogP contribution in [0.5, 0.6) is 0 Å². The van der Waals surface area contributed by atoms with Gasteiger partial charge in [-0.1, -0.05) is 80.3 Å². The first-order chi connectivity index (χ1) is 16.1. The van der Waals surface area contributed by atoms with Crippen LogP contribution >= 0.6 is 11.6 Å². The number of hydrogen-bond donors (Lipinski definition) is 1. The molecule has 1 saturated carbocycles. The summed E-state index contributed by atoms with van der Waals surface area (Å²) in [5.74, 6) is -0.584. The van der Waals surface area contributed by atoms with Crippen molar-refractivity contribution in [3.63, 3.8) is 0 Å². The number of nitrogens with zero attached hydrogens (tertiary/aromatic N) is 2. The molecule has 0 saturated heterocycles. The fraction of sp³-hybridized carbons (Fsp3) is 0.370. The minimum absolute atomic E-state index is 0.100. The fourth-order valence-electron chi connectivity index (χ4n) is 4.19. The van der Waals surface area contributed by atoms with Gasteiger partial charge in [0.2, 0.25) is 5.91 Å². The summed E-state index contributed by atoms with van der Waals surface area (Å²) in [5, 5.41) is 3.64. The predicted molar refractivity (Wildman–Crippen MR) is 136 cm³/mol. The topological polar surface area (TPSA) is 61.8 Å². The summed E-state index contributed by atoms with van der Waals surface area (Å²) in [7, 11) is 1.59. The molecule has 2 amide bonds. The lowest BCUT2D eigenvalue weighted by molar-refractivity contribution is -0.125. The summed E-state index contributed by atoms with van der Waals surface area (Å²) >= 11 is 6.58. The van der Waals surface area contributed by atoms with Crippen molar-refractivity contribution >= 4 is 34.8 Å². The van der Waals surface area contributed by atoms with Crippen molar-refractivity contribution in [2.75, 3.05) is 11.9 Å². The number of carbonyl (C=O) groups excluding carboxylic acids is 2. The molecule has 0 heterocycles. The molecule has 0 aliphatic heterocycles. The summed E-state index contributed by atoms with van der Waals surface area (Å²) in [6.45, 7) is 1.99. The monoisotopic (exact) mass is 465 g/mol. The number of anilines is 1. The lowest BCUT2D eigenvalue weighted by Gasteiger charge is -2.33. The Morgan fingerprint density at radius 1 is 1.09 bits per heavy atom. The highest BCUT2D eigenvalue weighted by Crippen LogP contribution is 2.33. The van der Waals surface area contributed by atoms with Gasteiger partial charge in [0.15, 0.2) is 0 Å². The van der Waals surface area contributed by atoms with E-state index in [9.17, 15) is 9.59 Å². The molecule has 2 aromatic rings. The Bertz CT molecular complexity index is 997. The molecule has 1 fully saturated rings. The minimum Gasteiger partial charge on any atom is -0.351 e. The maximum Gasteiger partial charge on any atom is 0.277 e. The maximum absolute atomic E-state index is 13.8. The van der Waals surface area contributed by atoms with E-state index in [-0.39, 0.29) is 23.6 Å². The maximum atomic E-state index is 13.8. The zero-order chi connectivity index (χ0) is 23.6. The van der Waals surface area contributed by atoms with Gasteiger partial charge < -0.3 is 5.32 Å².